The first kappa shape index (κ1) is 32.2. The van der Waals surface area contributed by atoms with E-state index in [2.05, 4.69) is 24.1 Å². The minimum atomic E-state index is -4.78. The van der Waals surface area contributed by atoms with Crippen LogP contribution in [0, 0.1) is 17.2 Å². The molecule has 3 heterocycles. The number of alkyl halides is 3. The quantitative estimate of drug-likeness (QED) is 0.343. The molecule has 2 saturated heterocycles. The summed E-state index contributed by atoms with van der Waals surface area (Å²) in [6.07, 6.45) is 2.26. The third kappa shape index (κ3) is 5.90. The molecule has 1 N–H and O–H groups in total. The first-order valence-electron chi connectivity index (χ1n) is 14.2. The number of carbonyl (C=O) groups excluding carboxylic acids is 1. The highest BCUT2D eigenvalue weighted by Crippen LogP contribution is 2.51. The summed E-state index contributed by atoms with van der Waals surface area (Å²) < 4.78 is 47.3. The molecule has 3 fully saturated rings. The molecule has 7 nitrogen and oxygen atoms in total. The van der Waals surface area contributed by atoms with Crippen molar-refractivity contribution in [1.29, 1.82) is 5.26 Å². The van der Waals surface area contributed by atoms with E-state index in [1.54, 1.807) is 0 Å². The number of carbonyl (C=O) groups is 1. The zero-order valence-corrected chi connectivity index (χ0v) is 25.7. The van der Waals surface area contributed by atoms with Crippen LogP contribution in [0.25, 0.3) is 0 Å². The standard InChI is InChI=1S/C30H36F3N5O2S.ClH/c1-4-20-14-21(6-7-25(20)40-13-9-19-8-12-36-28(2,3)16-19)38-27(41)37(26(39)29(38)10-5-11-29)22-15-23(30(31,32)33)24(17-34)35-18-22;/h6-7,14-15,18-19,27,36,41H,4-5,8-13,16H2,1-3H3;1H. The molecule has 0 bridgehead atoms. The Morgan fingerprint density at radius 3 is 2.57 bits per heavy atom. The first-order valence-corrected chi connectivity index (χ1v) is 14.7. The van der Waals surface area contributed by atoms with Gasteiger partial charge in [-0.3, -0.25) is 9.69 Å². The molecule has 1 aliphatic carbocycles. The van der Waals surface area contributed by atoms with Crippen LogP contribution in [0.2, 0.25) is 0 Å². The lowest BCUT2D eigenvalue weighted by atomic mass is 9.75. The normalized spacial score (nSPS) is 22.9. The molecule has 2 atom stereocenters. The van der Waals surface area contributed by atoms with Crippen molar-refractivity contribution in [3.8, 4) is 11.8 Å². The number of nitrogens with one attached hydrogen (secondary N) is 1. The second-order valence-electron chi connectivity index (χ2n) is 11.9. The van der Waals surface area contributed by atoms with Crippen molar-refractivity contribution in [2.75, 3.05) is 23.0 Å². The van der Waals surface area contributed by atoms with E-state index in [-0.39, 0.29) is 29.5 Å². The molecule has 0 radical (unpaired) electrons. The zero-order valence-electron chi connectivity index (χ0n) is 24.0. The number of rotatable bonds is 7. The lowest BCUT2D eigenvalue weighted by Gasteiger charge is -2.44. The van der Waals surface area contributed by atoms with E-state index in [0.29, 0.717) is 31.8 Å². The van der Waals surface area contributed by atoms with Crippen LogP contribution in [-0.4, -0.2) is 40.6 Å². The maximum atomic E-state index is 13.8. The van der Waals surface area contributed by atoms with Crippen LogP contribution in [0.1, 0.15) is 76.1 Å². The number of aromatic nitrogens is 1. The largest absolute Gasteiger partial charge is 0.493 e. The molecule has 1 amide bonds. The molecule has 2 aromatic rings. The third-order valence-electron chi connectivity index (χ3n) is 8.73. The molecule has 228 valence electrons. The minimum absolute atomic E-state index is 0. The molecule has 42 heavy (non-hydrogen) atoms. The molecule has 1 aromatic heterocycles. The Balaban J connectivity index is 0.00000405. The van der Waals surface area contributed by atoms with Gasteiger partial charge in [0.05, 0.1) is 24.1 Å². The van der Waals surface area contributed by atoms with Crippen LogP contribution in [-0.2, 0) is 17.4 Å². The van der Waals surface area contributed by atoms with E-state index in [9.17, 15) is 18.0 Å². The number of hydrogen-bond acceptors (Lipinski definition) is 7. The number of ether oxygens (including phenoxy) is 1. The van der Waals surface area contributed by atoms with Gasteiger partial charge in [0.2, 0.25) is 0 Å². The average Bonchev–Trinajstić information content (AvgIpc) is 3.14. The molecule has 12 heteroatoms. The molecule has 2 aliphatic heterocycles. The number of benzene rings is 1. The number of nitriles is 1. The van der Waals surface area contributed by atoms with Gasteiger partial charge in [0.25, 0.3) is 5.91 Å². The molecular formula is C30H37ClF3N5O2S. The van der Waals surface area contributed by atoms with E-state index in [4.69, 9.17) is 22.6 Å². The van der Waals surface area contributed by atoms with Crippen LogP contribution in [0.4, 0.5) is 24.5 Å². The molecule has 2 unspecified atom stereocenters. The average molecular weight is 624 g/mol. The Hall–Kier alpha value is -2.68. The fourth-order valence-corrected chi connectivity index (χ4v) is 7.07. The van der Waals surface area contributed by atoms with Crippen molar-refractivity contribution < 1.29 is 22.7 Å². The van der Waals surface area contributed by atoms with Crippen molar-refractivity contribution in [3.63, 3.8) is 0 Å². The summed E-state index contributed by atoms with van der Waals surface area (Å²) in [5.41, 5.74) is -1.78. The van der Waals surface area contributed by atoms with Gasteiger partial charge < -0.3 is 15.0 Å². The molecule has 3 aliphatic rings. The van der Waals surface area contributed by atoms with Gasteiger partial charge in [0.1, 0.15) is 17.4 Å². The highest BCUT2D eigenvalue weighted by Gasteiger charge is 2.60. The summed E-state index contributed by atoms with van der Waals surface area (Å²) in [6, 6.07) is 8.14. The first-order chi connectivity index (χ1) is 19.4. The Kier molecular flexibility index (Phi) is 9.31. The van der Waals surface area contributed by atoms with Gasteiger partial charge in [-0.15, -0.1) is 25.0 Å². The topological polar surface area (TPSA) is 81.5 Å². The van der Waals surface area contributed by atoms with Gasteiger partial charge in [-0.25, -0.2) is 4.98 Å². The van der Waals surface area contributed by atoms with Crippen molar-refractivity contribution in [2.45, 2.75) is 88.5 Å². The highest BCUT2D eigenvalue weighted by atomic mass is 35.5. The number of nitrogens with zero attached hydrogens (tertiary/aromatic N) is 4. The van der Waals surface area contributed by atoms with Crippen LogP contribution in [0.5, 0.6) is 5.75 Å². The molecule has 1 aromatic carbocycles. The Labute approximate surface area is 256 Å². The Morgan fingerprint density at radius 2 is 1.98 bits per heavy atom. The predicted octanol–water partition coefficient (Wildman–Crippen LogP) is 6.49. The summed E-state index contributed by atoms with van der Waals surface area (Å²) in [5.74, 6) is 1.10. The number of amides is 1. The highest BCUT2D eigenvalue weighted by molar-refractivity contribution is 7.81. The minimum Gasteiger partial charge on any atom is -0.493 e. The van der Waals surface area contributed by atoms with Gasteiger partial charge in [-0.05, 0) is 101 Å². The van der Waals surface area contributed by atoms with E-state index in [1.165, 1.54) is 11.0 Å². The van der Waals surface area contributed by atoms with E-state index in [1.807, 2.05) is 30.0 Å². The van der Waals surface area contributed by atoms with Crippen molar-refractivity contribution >= 4 is 42.3 Å². The van der Waals surface area contributed by atoms with Gasteiger partial charge in [-0.2, -0.15) is 18.4 Å². The molecule has 5 rings (SSSR count). The van der Waals surface area contributed by atoms with Gasteiger partial charge >= 0.3 is 6.18 Å². The lowest BCUT2D eigenvalue weighted by molar-refractivity contribution is -0.138. The van der Waals surface area contributed by atoms with Crippen LogP contribution in [0.3, 0.4) is 0 Å². The van der Waals surface area contributed by atoms with Crippen molar-refractivity contribution in [2.24, 2.45) is 5.92 Å². The second-order valence-corrected chi connectivity index (χ2v) is 12.4. The number of thiol groups is 1. The molecule has 1 saturated carbocycles. The van der Waals surface area contributed by atoms with Gasteiger partial charge in [-0.1, -0.05) is 6.92 Å². The van der Waals surface area contributed by atoms with Crippen LogP contribution >= 0.6 is 25.0 Å². The smallest absolute Gasteiger partial charge is 0.419 e. The number of hydrogen-bond donors (Lipinski definition) is 2. The summed E-state index contributed by atoms with van der Waals surface area (Å²) >= 11 is 4.76. The second kappa shape index (κ2) is 12.1. The van der Waals surface area contributed by atoms with Crippen molar-refractivity contribution in [3.05, 3.63) is 47.3 Å². The SMILES string of the molecule is CCc1cc(N2C(S)N(c3cnc(C#N)c(C(F)(F)F)c3)C(=O)C23CCC3)ccc1OCCC1CCNC(C)(C)C1.Cl. The van der Waals surface area contributed by atoms with E-state index in [0.717, 1.165) is 61.5 Å². The number of anilines is 2. The zero-order chi connectivity index (χ0) is 29.6. The fourth-order valence-electron chi connectivity index (χ4n) is 6.48. The lowest BCUT2D eigenvalue weighted by Crippen LogP contribution is -2.55. The molecule has 1 spiro atoms. The Morgan fingerprint density at radius 1 is 1.24 bits per heavy atom. The predicted molar refractivity (Wildman–Crippen MR) is 161 cm³/mol. The fraction of sp³-hybridized carbons (Fsp3) is 0.567. The number of halogens is 4. The number of piperidine rings is 1. The van der Waals surface area contributed by atoms with E-state index < -0.39 is 28.5 Å². The summed E-state index contributed by atoms with van der Waals surface area (Å²) in [7, 11) is 0. The maximum absolute atomic E-state index is 13.8. The van der Waals surface area contributed by atoms with Gasteiger partial charge in [0, 0.05) is 11.2 Å². The monoisotopic (exact) mass is 623 g/mol. The van der Waals surface area contributed by atoms with Crippen molar-refractivity contribution in [1.82, 2.24) is 10.3 Å². The number of aryl methyl sites for hydroxylation is 1. The summed E-state index contributed by atoms with van der Waals surface area (Å²) in [4.78, 5) is 20.7. The van der Waals surface area contributed by atoms with E-state index >= 15 is 0 Å². The summed E-state index contributed by atoms with van der Waals surface area (Å²) in [5, 5.41) is 12.7. The van der Waals surface area contributed by atoms with Crippen LogP contribution < -0.4 is 19.9 Å². The molecular weight excluding hydrogens is 587 g/mol. The Bertz CT molecular complexity index is 1360. The van der Waals surface area contributed by atoms with Crippen LogP contribution in [0.15, 0.2) is 30.5 Å². The number of pyridine rings is 1. The third-order valence-corrected chi connectivity index (χ3v) is 9.19. The van der Waals surface area contributed by atoms with Gasteiger partial charge in [0.15, 0.2) is 11.2 Å². The maximum Gasteiger partial charge on any atom is 0.419 e. The summed E-state index contributed by atoms with van der Waals surface area (Å²) in [6.45, 7) is 8.14.